The predicted octanol–water partition coefficient (Wildman–Crippen LogP) is 4.31. The second kappa shape index (κ2) is 6.91. The fraction of sp³-hybridized carbons (Fsp3) is 0.409. The van der Waals surface area contributed by atoms with Crippen molar-refractivity contribution in [3.05, 3.63) is 65.2 Å². The SMILES string of the molecule is COc1ccc(CN(C(=O)CC2CCc3ccccc32)C2CC2)cc1. The van der Waals surface area contributed by atoms with Crippen LogP contribution in [0, 0.1) is 0 Å². The summed E-state index contributed by atoms with van der Waals surface area (Å²) in [6, 6.07) is 17.1. The Bertz CT molecular complexity index is 749. The molecule has 2 aliphatic rings. The summed E-state index contributed by atoms with van der Waals surface area (Å²) in [5.41, 5.74) is 3.98. The molecule has 0 heterocycles. The summed E-state index contributed by atoms with van der Waals surface area (Å²) in [6.45, 7) is 0.710. The van der Waals surface area contributed by atoms with E-state index in [9.17, 15) is 4.79 Å². The van der Waals surface area contributed by atoms with Gasteiger partial charge in [0.25, 0.3) is 0 Å². The van der Waals surface area contributed by atoms with Crippen molar-refractivity contribution in [2.75, 3.05) is 7.11 Å². The Morgan fingerprint density at radius 2 is 1.84 bits per heavy atom. The van der Waals surface area contributed by atoms with E-state index >= 15 is 0 Å². The zero-order chi connectivity index (χ0) is 17.2. The maximum atomic E-state index is 13.0. The minimum Gasteiger partial charge on any atom is -0.497 e. The third-order valence-corrected chi connectivity index (χ3v) is 5.50. The molecular weight excluding hydrogens is 310 g/mol. The van der Waals surface area contributed by atoms with Crippen molar-refractivity contribution in [3.63, 3.8) is 0 Å². The predicted molar refractivity (Wildman–Crippen MR) is 98.7 cm³/mol. The zero-order valence-electron chi connectivity index (χ0n) is 14.8. The van der Waals surface area contributed by atoms with E-state index in [1.165, 1.54) is 16.7 Å². The maximum Gasteiger partial charge on any atom is 0.223 e. The maximum absolute atomic E-state index is 13.0. The van der Waals surface area contributed by atoms with Crippen molar-refractivity contribution < 1.29 is 9.53 Å². The van der Waals surface area contributed by atoms with Crippen LogP contribution >= 0.6 is 0 Å². The molecule has 0 aliphatic heterocycles. The molecule has 0 spiro atoms. The monoisotopic (exact) mass is 335 g/mol. The second-order valence-electron chi connectivity index (χ2n) is 7.24. The Morgan fingerprint density at radius 1 is 1.08 bits per heavy atom. The molecular formula is C22H25NO2. The molecule has 1 unspecified atom stereocenters. The van der Waals surface area contributed by atoms with Gasteiger partial charge in [-0.15, -0.1) is 0 Å². The van der Waals surface area contributed by atoms with E-state index in [0.717, 1.165) is 31.4 Å². The number of methoxy groups -OCH3 is 1. The lowest BCUT2D eigenvalue weighted by Gasteiger charge is -2.24. The van der Waals surface area contributed by atoms with E-state index in [1.54, 1.807) is 7.11 Å². The largest absolute Gasteiger partial charge is 0.497 e. The molecule has 3 nitrogen and oxygen atoms in total. The first-order valence-corrected chi connectivity index (χ1v) is 9.25. The lowest BCUT2D eigenvalue weighted by Crippen LogP contribution is -2.33. The quantitative estimate of drug-likeness (QED) is 0.787. The van der Waals surface area contributed by atoms with Gasteiger partial charge in [-0.1, -0.05) is 36.4 Å². The zero-order valence-corrected chi connectivity index (χ0v) is 14.8. The normalized spacial score (nSPS) is 18.7. The molecule has 1 atom stereocenters. The summed E-state index contributed by atoms with van der Waals surface area (Å²) in [4.78, 5) is 15.1. The van der Waals surface area contributed by atoms with E-state index in [1.807, 2.05) is 12.1 Å². The number of nitrogens with zero attached hydrogens (tertiary/aromatic N) is 1. The van der Waals surface area contributed by atoms with Gasteiger partial charge in [0.2, 0.25) is 5.91 Å². The highest BCUT2D eigenvalue weighted by Gasteiger charge is 2.34. The standard InChI is InChI=1S/C22H25NO2/c1-25-20-12-6-16(7-13-20)15-23(19-10-11-19)22(24)14-18-9-8-17-4-2-3-5-21(17)18/h2-7,12-13,18-19H,8-11,14-15H2,1H3. The van der Waals surface area contributed by atoms with Crippen LogP contribution in [0.2, 0.25) is 0 Å². The Balaban J connectivity index is 1.45. The van der Waals surface area contributed by atoms with Crippen LogP contribution in [0.5, 0.6) is 5.75 Å². The van der Waals surface area contributed by atoms with Gasteiger partial charge in [-0.2, -0.15) is 0 Å². The number of amides is 1. The molecule has 1 fully saturated rings. The minimum absolute atomic E-state index is 0.306. The highest BCUT2D eigenvalue weighted by atomic mass is 16.5. The van der Waals surface area contributed by atoms with Crippen LogP contribution in [-0.2, 0) is 17.8 Å². The summed E-state index contributed by atoms with van der Waals surface area (Å²) < 4.78 is 5.22. The molecule has 130 valence electrons. The molecule has 3 heteroatoms. The van der Waals surface area contributed by atoms with E-state index in [4.69, 9.17) is 4.74 Å². The fourth-order valence-electron chi connectivity index (χ4n) is 3.92. The number of carbonyl (C=O) groups is 1. The van der Waals surface area contributed by atoms with Crippen molar-refractivity contribution >= 4 is 5.91 Å². The molecule has 2 aliphatic carbocycles. The highest BCUT2D eigenvalue weighted by Crippen LogP contribution is 2.37. The summed E-state index contributed by atoms with van der Waals surface area (Å²) >= 11 is 0. The molecule has 25 heavy (non-hydrogen) atoms. The Labute approximate surface area is 149 Å². The molecule has 0 saturated heterocycles. The summed E-state index contributed by atoms with van der Waals surface area (Å²) in [5, 5.41) is 0. The number of ether oxygens (including phenoxy) is 1. The van der Waals surface area contributed by atoms with Crippen molar-refractivity contribution in [2.24, 2.45) is 0 Å². The number of hydrogen-bond acceptors (Lipinski definition) is 2. The summed E-state index contributed by atoms with van der Waals surface area (Å²) in [7, 11) is 1.68. The molecule has 4 rings (SSSR count). The van der Waals surface area contributed by atoms with E-state index in [-0.39, 0.29) is 0 Å². The van der Waals surface area contributed by atoms with Crippen LogP contribution in [0.25, 0.3) is 0 Å². The molecule has 0 aromatic heterocycles. The van der Waals surface area contributed by atoms with Gasteiger partial charge in [0.1, 0.15) is 5.75 Å². The summed E-state index contributed by atoms with van der Waals surface area (Å²) in [5.74, 6) is 1.55. The topological polar surface area (TPSA) is 29.5 Å². The minimum atomic E-state index is 0.306. The first-order valence-electron chi connectivity index (χ1n) is 9.25. The third kappa shape index (κ3) is 3.55. The van der Waals surface area contributed by atoms with Gasteiger partial charge < -0.3 is 9.64 Å². The van der Waals surface area contributed by atoms with Gasteiger partial charge >= 0.3 is 0 Å². The lowest BCUT2D eigenvalue weighted by atomic mass is 9.97. The van der Waals surface area contributed by atoms with Gasteiger partial charge in [0.05, 0.1) is 7.11 Å². The van der Waals surface area contributed by atoms with Gasteiger partial charge in [0.15, 0.2) is 0 Å². The third-order valence-electron chi connectivity index (χ3n) is 5.50. The van der Waals surface area contributed by atoms with E-state index < -0.39 is 0 Å². The van der Waals surface area contributed by atoms with Crippen molar-refractivity contribution in [1.82, 2.24) is 4.90 Å². The number of aryl methyl sites for hydroxylation is 1. The van der Waals surface area contributed by atoms with Crippen LogP contribution in [0.15, 0.2) is 48.5 Å². The molecule has 1 amide bonds. The average molecular weight is 335 g/mol. The number of rotatable bonds is 6. The van der Waals surface area contributed by atoms with Crippen molar-refractivity contribution in [2.45, 2.75) is 50.6 Å². The smallest absolute Gasteiger partial charge is 0.223 e. The Hall–Kier alpha value is -2.29. The van der Waals surface area contributed by atoms with E-state index in [0.29, 0.717) is 30.8 Å². The molecule has 2 aromatic carbocycles. The molecule has 0 radical (unpaired) electrons. The Kier molecular flexibility index (Phi) is 4.48. The van der Waals surface area contributed by atoms with Gasteiger partial charge in [0, 0.05) is 19.0 Å². The Morgan fingerprint density at radius 3 is 2.56 bits per heavy atom. The number of hydrogen-bond donors (Lipinski definition) is 0. The molecule has 2 aromatic rings. The van der Waals surface area contributed by atoms with Gasteiger partial charge in [-0.05, 0) is 60.4 Å². The van der Waals surface area contributed by atoms with Crippen LogP contribution in [-0.4, -0.2) is 24.0 Å². The first kappa shape index (κ1) is 16.2. The fourth-order valence-corrected chi connectivity index (χ4v) is 3.92. The number of benzene rings is 2. The van der Waals surface area contributed by atoms with Crippen LogP contribution in [0.3, 0.4) is 0 Å². The summed E-state index contributed by atoms with van der Waals surface area (Å²) in [6.07, 6.45) is 5.14. The van der Waals surface area contributed by atoms with Crippen LogP contribution < -0.4 is 4.74 Å². The number of fused-ring (bicyclic) bond motifs is 1. The number of carbonyl (C=O) groups excluding carboxylic acids is 1. The second-order valence-corrected chi connectivity index (χ2v) is 7.24. The lowest BCUT2D eigenvalue weighted by molar-refractivity contribution is -0.132. The molecule has 0 N–H and O–H groups in total. The van der Waals surface area contributed by atoms with Crippen LogP contribution in [0.1, 0.15) is 48.3 Å². The van der Waals surface area contributed by atoms with Crippen molar-refractivity contribution in [1.29, 1.82) is 0 Å². The van der Waals surface area contributed by atoms with E-state index in [2.05, 4.69) is 41.3 Å². The van der Waals surface area contributed by atoms with Gasteiger partial charge in [-0.25, -0.2) is 0 Å². The first-order chi connectivity index (χ1) is 12.2. The van der Waals surface area contributed by atoms with Crippen LogP contribution in [0.4, 0.5) is 0 Å². The molecule has 1 saturated carbocycles. The highest BCUT2D eigenvalue weighted by molar-refractivity contribution is 5.78. The van der Waals surface area contributed by atoms with Gasteiger partial charge in [-0.3, -0.25) is 4.79 Å². The van der Waals surface area contributed by atoms with Crippen molar-refractivity contribution in [3.8, 4) is 5.75 Å². The average Bonchev–Trinajstić information content (AvgIpc) is 3.42. The molecule has 0 bridgehead atoms.